The number of allylic oxidation sites excluding steroid dienone is 1. The fourth-order valence-electron chi connectivity index (χ4n) is 1.24. The van der Waals surface area contributed by atoms with E-state index in [2.05, 4.69) is 6.58 Å². The van der Waals surface area contributed by atoms with E-state index in [9.17, 15) is 0 Å². The first-order chi connectivity index (χ1) is 5.91. The van der Waals surface area contributed by atoms with Gasteiger partial charge in [0.1, 0.15) is 0 Å². The molecule has 0 atom stereocenters. The number of hydrogen-bond acceptors (Lipinski definition) is 1. The van der Waals surface area contributed by atoms with Crippen molar-refractivity contribution in [1.82, 2.24) is 0 Å². The van der Waals surface area contributed by atoms with Crippen molar-refractivity contribution in [3.63, 3.8) is 0 Å². The summed E-state index contributed by atoms with van der Waals surface area (Å²) in [6, 6.07) is 0. The molecule has 0 aliphatic carbocycles. The molecule has 0 saturated heterocycles. The highest BCUT2D eigenvalue weighted by atomic mass is 14.3. The zero-order valence-corrected chi connectivity index (χ0v) is 8.02. The lowest BCUT2D eigenvalue weighted by molar-refractivity contribution is 0.604. The quantitative estimate of drug-likeness (QED) is 0.305. The Hall–Kier alpha value is -0.590. The van der Waals surface area contributed by atoms with Crippen LogP contribution in [0, 0.1) is 5.41 Å². The van der Waals surface area contributed by atoms with Gasteiger partial charge in [-0.1, -0.05) is 31.8 Å². The first-order valence-electron chi connectivity index (χ1n) is 5.01. The number of hydrogen-bond donors (Lipinski definition) is 1. The van der Waals surface area contributed by atoms with E-state index in [4.69, 9.17) is 5.41 Å². The van der Waals surface area contributed by atoms with E-state index in [1.54, 1.807) is 0 Å². The summed E-state index contributed by atoms with van der Waals surface area (Å²) >= 11 is 0. The normalized spacial score (nSPS) is 9.67. The number of nitrogens with one attached hydrogen (secondary N) is 1. The van der Waals surface area contributed by atoms with Crippen LogP contribution in [-0.4, -0.2) is 6.21 Å². The maximum Gasteiger partial charge on any atom is -0.00477 e. The van der Waals surface area contributed by atoms with Crippen molar-refractivity contribution in [1.29, 1.82) is 5.41 Å². The molecule has 0 aromatic heterocycles. The molecule has 0 bridgehead atoms. The summed E-state index contributed by atoms with van der Waals surface area (Å²) in [6.07, 6.45) is 13.5. The lowest BCUT2D eigenvalue weighted by Crippen LogP contribution is -1.80. The van der Waals surface area contributed by atoms with Crippen molar-refractivity contribution in [2.24, 2.45) is 0 Å². The Bertz CT molecular complexity index is 93.6. The molecule has 0 amide bonds. The molecule has 1 heteroatoms. The summed E-state index contributed by atoms with van der Waals surface area (Å²) in [4.78, 5) is 0. The molecule has 0 saturated carbocycles. The summed E-state index contributed by atoms with van der Waals surface area (Å²) in [5, 5.41) is 6.84. The molecule has 0 radical (unpaired) electrons. The van der Waals surface area contributed by atoms with Crippen molar-refractivity contribution < 1.29 is 0 Å². The van der Waals surface area contributed by atoms with Gasteiger partial charge < -0.3 is 5.41 Å². The standard InChI is InChI=1S/C11H21N/c1-2-3-4-5-6-7-8-9-10-11-12/h2,11-12H,1,3-10H2. The van der Waals surface area contributed by atoms with Gasteiger partial charge in [0.25, 0.3) is 0 Å². The van der Waals surface area contributed by atoms with Gasteiger partial charge in [0.05, 0.1) is 0 Å². The molecular formula is C11H21N. The molecule has 0 heterocycles. The van der Waals surface area contributed by atoms with E-state index >= 15 is 0 Å². The lowest BCUT2D eigenvalue weighted by Gasteiger charge is -1.98. The van der Waals surface area contributed by atoms with Crippen molar-refractivity contribution >= 4 is 6.21 Å². The summed E-state index contributed by atoms with van der Waals surface area (Å²) in [6.45, 7) is 3.69. The van der Waals surface area contributed by atoms with Gasteiger partial charge in [-0.15, -0.1) is 6.58 Å². The highest BCUT2D eigenvalue weighted by Crippen LogP contribution is 2.07. The number of rotatable bonds is 9. The van der Waals surface area contributed by atoms with Gasteiger partial charge in [-0.3, -0.25) is 0 Å². The van der Waals surface area contributed by atoms with E-state index < -0.39 is 0 Å². The van der Waals surface area contributed by atoms with Crippen molar-refractivity contribution in [3.05, 3.63) is 12.7 Å². The molecule has 0 spiro atoms. The Kier molecular flexibility index (Phi) is 9.90. The van der Waals surface area contributed by atoms with Gasteiger partial charge in [0.2, 0.25) is 0 Å². The maximum absolute atomic E-state index is 6.84. The largest absolute Gasteiger partial charge is 0.313 e. The second kappa shape index (κ2) is 10.4. The van der Waals surface area contributed by atoms with Crippen molar-refractivity contribution in [3.8, 4) is 0 Å². The van der Waals surface area contributed by atoms with Crippen LogP contribution < -0.4 is 0 Å². The minimum atomic E-state index is 0.965. The van der Waals surface area contributed by atoms with E-state index in [0.29, 0.717) is 0 Å². The molecule has 0 fully saturated rings. The van der Waals surface area contributed by atoms with Gasteiger partial charge in [-0.05, 0) is 31.9 Å². The fraction of sp³-hybridized carbons (Fsp3) is 0.727. The summed E-state index contributed by atoms with van der Waals surface area (Å²) in [5.74, 6) is 0. The maximum atomic E-state index is 6.84. The van der Waals surface area contributed by atoms with Crippen LogP contribution in [0.4, 0.5) is 0 Å². The average Bonchev–Trinajstić information content (AvgIpc) is 2.10. The molecule has 0 aliphatic rings. The zero-order chi connectivity index (χ0) is 9.07. The molecule has 0 aromatic carbocycles. The second-order valence-electron chi connectivity index (χ2n) is 3.19. The Labute approximate surface area is 76.4 Å². The van der Waals surface area contributed by atoms with E-state index in [1.807, 2.05) is 6.08 Å². The molecule has 1 nitrogen and oxygen atoms in total. The number of unbranched alkanes of at least 4 members (excludes halogenated alkanes) is 7. The topological polar surface area (TPSA) is 23.9 Å². The van der Waals surface area contributed by atoms with E-state index in [0.717, 1.165) is 6.42 Å². The lowest BCUT2D eigenvalue weighted by atomic mass is 10.1. The van der Waals surface area contributed by atoms with E-state index in [-0.39, 0.29) is 0 Å². The van der Waals surface area contributed by atoms with Crippen LogP contribution in [0.1, 0.15) is 51.4 Å². The predicted molar refractivity (Wildman–Crippen MR) is 55.9 cm³/mol. The fourth-order valence-corrected chi connectivity index (χ4v) is 1.24. The van der Waals surface area contributed by atoms with Crippen LogP contribution in [-0.2, 0) is 0 Å². The van der Waals surface area contributed by atoms with Gasteiger partial charge in [-0.25, -0.2) is 0 Å². The Morgan fingerprint density at radius 1 is 0.833 bits per heavy atom. The van der Waals surface area contributed by atoms with Crippen LogP contribution in [0.5, 0.6) is 0 Å². The van der Waals surface area contributed by atoms with Crippen LogP contribution in [0.3, 0.4) is 0 Å². The zero-order valence-electron chi connectivity index (χ0n) is 8.02. The molecular weight excluding hydrogens is 146 g/mol. The minimum absolute atomic E-state index is 0.965. The molecule has 0 aliphatic heterocycles. The second-order valence-corrected chi connectivity index (χ2v) is 3.19. The predicted octanol–water partition coefficient (Wildman–Crippen LogP) is 3.94. The molecule has 1 N–H and O–H groups in total. The van der Waals surface area contributed by atoms with Crippen LogP contribution >= 0.6 is 0 Å². The van der Waals surface area contributed by atoms with Gasteiger partial charge in [0, 0.05) is 0 Å². The molecule has 0 aromatic rings. The Balaban J connectivity index is 2.81. The van der Waals surface area contributed by atoms with Gasteiger partial charge in [0.15, 0.2) is 0 Å². The van der Waals surface area contributed by atoms with Crippen LogP contribution in [0.2, 0.25) is 0 Å². The summed E-state index contributed by atoms with van der Waals surface area (Å²) in [7, 11) is 0. The third-order valence-corrected chi connectivity index (χ3v) is 2.01. The minimum Gasteiger partial charge on any atom is -0.313 e. The van der Waals surface area contributed by atoms with E-state index in [1.165, 1.54) is 51.2 Å². The van der Waals surface area contributed by atoms with Gasteiger partial charge >= 0.3 is 0 Å². The molecule has 0 unspecified atom stereocenters. The molecule has 70 valence electrons. The third kappa shape index (κ3) is 9.41. The first kappa shape index (κ1) is 11.4. The molecule has 0 rings (SSSR count). The smallest absolute Gasteiger partial charge is 0.00477 e. The molecule has 12 heavy (non-hydrogen) atoms. The van der Waals surface area contributed by atoms with Crippen LogP contribution in [0.25, 0.3) is 0 Å². The Morgan fingerprint density at radius 3 is 1.83 bits per heavy atom. The average molecular weight is 167 g/mol. The SMILES string of the molecule is C=CCCCCCCCCC=N. The Morgan fingerprint density at radius 2 is 1.33 bits per heavy atom. The van der Waals surface area contributed by atoms with Crippen LogP contribution in [0.15, 0.2) is 12.7 Å². The summed E-state index contributed by atoms with van der Waals surface area (Å²) in [5.41, 5.74) is 0. The van der Waals surface area contributed by atoms with Gasteiger partial charge in [-0.2, -0.15) is 0 Å². The van der Waals surface area contributed by atoms with Crippen molar-refractivity contribution in [2.75, 3.05) is 0 Å². The highest BCUT2D eigenvalue weighted by molar-refractivity contribution is 5.52. The monoisotopic (exact) mass is 167 g/mol. The first-order valence-corrected chi connectivity index (χ1v) is 5.01. The third-order valence-electron chi connectivity index (χ3n) is 2.01. The van der Waals surface area contributed by atoms with Crippen molar-refractivity contribution in [2.45, 2.75) is 51.4 Å². The highest BCUT2D eigenvalue weighted by Gasteiger charge is 1.89. The summed E-state index contributed by atoms with van der Waals surface area (Å²) < 4.78 is 0.